The highest BCUT2D eigenvalue weighted by molar-refractivity contribution is 8.15. The van der Waals surface area contributed by atoms with Crippen LogP contribution in [0.15, 0.2) is 47.5 Å². The van der Waals surface area contributed by atoms with Crippen molar-refractivity contribution >= 4 is 51.7 Å². The number of rotatable bonds is 5. The number of aryl methyl sites for hydroxylation is 1. The van der Waals surface area contributed by atoms with Gasteiger partial charge in [-0.2, -0.15) is 0 Å². The summed E-state index contributed by atoms with van der Waals surface area (Å²) in [5, 5.41) is 3.51. The molecule has 1 unspecified atom stereocenters. The SMILES string of the molecule is Cc1ccc(NC(=O)CC2SC(=Nc3ccc(C(C)C)cc3)N(C)C2=O)cc1Cl. The van der Waals surface area contributed by atoms with Crippen LogP contribution in [0.4, 0.5) is 11.4 Å². The zero-order valence-electron chi connectivity index (χ0n) is 16.9. The minimum Gasteiger partial charge on any atom is -0.326 e. The van der Waals surface area contributed by atoms with E-state index in [0.29, 0.717) is 21.8 Å². The van der Waals surface area contributed by atoms with Crippen LogP contribution in [0.3, 0.4) is 0 Å². The molecule has 1 atom stereocenters. The molecule has 2 amide bonds. The molecule has 1 N–H and O–H groups in total. The Balaban J connectivity index is 1.66. The Morgan fingerprint density at radius 3 is 2.55 bits per heavy atom. The van der Waals surface area contributed by atoms with Gasteiger partial charge in [0.05, 0.1) is 5.69 Å². The summed E-state index contributed by atoms with van der Waals surface area (Å²) in [6.45, 7) is 6.18. The summed E-state index contributed by atoms with van der Waals surface area (Å²) in [7, 11) is 1.69. The van der Waals surface area contributed by atoms with Crippen LogP contribution in [-0.4, -0.2) is 34.2 Å². The largest absolute Gasteiger partial charge is 0.326 e. The number of anilines is 1. The van der Waals surface area contributed by atoms with E-state index in [4.69, 9.17) is 11.6 Å². The second kappa shape index (κ2) is 9.01. The van der Waals surface area contributed by atoms with Gasteiger partial charge in [-0.15, -0.1) is 0 Å². The molecule has 29 heavy (non-hydrogen) atoms. The molecule has 1 aliphatic heterocycles. The van der Waals surface area contributed by atoms with Gasteiger partial charge < -0.3 is 5.32 Å². The van der Waals surface area contributed by atoms with E-state index in [9.17, 15) is 9.59 Å². The summed E-state index contributed by atoms with van der Waals surface area (Å²) in [4.78, 5) is 31.1. The normalized spacial score (nSPS) is 18.0. The molecule has 0 aromatic heterocycles. The van der Waals surface area contributed by atoms with Crippen molar-refractivity contribution in [3.05, 3.63) is 58.6 Å². The second-order valence-electron chi connectivity index (χ2n) is 7.36. The second-order valence-corrected chi connectivity index (χ2v) is 8.94. The van der Waals surface area contributed by atoms with E-state index in [2.05, 4.69) is 24.2 Å². The smallest absolute Gasteiger partial charge is 0.242 e. The van der Waals surface area contributed by atoms with Crippen molar-refractivity contribution in [1.82, 2.24) is 4.90 Å². The van der Waals surface area contributed by atoms with Crippen LogP contribution in [0, 0.1) is 6.92 Å². The van der Waals surface area contributed by atoms with Gasteiger partial charge in [0.1, 0.15) is 5.25 Å². The lowest BCUT2D eigenvalue weighted by Crippen LogP contribution is -2.30. The summed E-state index contributed by atoms with van der Waals surface area (Å²) in [6.07, 6.45) is 0.0741. The van der Waals surface area contributed by atoms with Gasteiger partial charge in [-0.3, -0.25) is 14.5 Å². The summed E-state index contributed by atoms with van der Waals surface area (Å²) < 4.78 is 0. The van der Waals surface area contributed by atoms with Crippen LogP contribution in [0.1, 0.15) is 37.3 Å². The van der Waals surface area contributed by atoms with Gasteiger partial charge >= 0.3 is 0 Å². The lowest BCUT2D eigenvalue weighted by Gasteiger charge is -2.10. The fourth-order valence-corrected chi connectivity index (χ4v) is 4.23. The highest BCUT2D eigenvalue weighted by Crippen LogP contribution is 2.31. The maximum Gasteiger partial charge on any atom is 0.242 e. The molecule has 3 rings (SSSR count). The highest BCUT2D eigenvalue weighted by atomic mass is 35.5. The molecule has 7 heteroatoms. The van der Waals surface area contributed by atoms with Gasteiger partial charge in [0.15, 0.2) is 5.17 Å². The third kappa shape index (κ3) is 5.19. The van der Waals surface area contributed by atoms with Crippen LogP contribution in [0.25, 0.3) is 0 Å². The third-order valence-electron chi connectivity index (χ3n) is 4.75. The van der Waals surface area contributed by atoms with Crippen LogP contribution >= 0.6 is 23.4 Å². The predicted octanol–water partition coefficient (Wildman–Crippen LogP) is 5.36. The van der Waals surface area contributed by atoms with Crippen LogP contribution in [0.2, 0.25) is 5.02 Å². The lowest BCUT2D eigenvalue weighted by molar-refractivity contribution is -0.127. The van der Waals surface area contributed by atoms with Crippen molar-refractivity contribution in [2.24, 2.45) is 4.99 Å². The quantitative estimate of drug-likeness (QED) is 0.695. The van der Waals surface area contributed by atoms with Gasteiger partial charge in [-0.1, -0.05) is 55.4 Å². The molecule has 0 spiro atoms. The number of hydrogen-bond acceptors (Lipinski definition) is 4. The molecule has 0 bridgehead atoms. The number of thioether (sulfide) groups is 1. The maximum absolute atomic E-state index is 12.6. The maximum atomic E-state index is 12.6. The topological polar surface area (TPSA) is 61.8 Å². The van der Waals surface area contributed by atoms with E-state index >= 15 is 0 Å². The Morgan fingerprint density at radius 2 is 1.93 bits per heavy atom. The molecule has 1 fully saturated rings. The third-order valence-corrected chi connectivity index (χ3v) is 6.39. The Morgan fingerprint density at radius 1 is 1.24 bits per heavy atom. The number of amidine groups is 1. The number of nitrogens with one attached hydrogen (secondary N) is 1. The van der Waals surface area contributed by atoms with Gasteiger partial charge in [-0.25, -0.2) is 4.99 Å². The monoisotopic (exact) mass is 429 g/mol. The zero-order valence-corrected chi connectivity index (χ0v) is 18.5. The molecular weight excluding hydrogens is 406 g/mol. The minimum atomic E-state index is -0.491. The Kier molecular flexibility index (Phi) is 6.65. The number of amides is 2. The van der Waals surface area contributed by atoms with Crippen molar-refractivity contribution in [3.8, 4) is 0 Å². The average Bonchev–Trinajstić information content (AvgIpc) is 2.93. The zero-order chi connectivity index (χ0) is 21.1. The number of nitrogens with zero attached hydrogens (tertiary/aromatic N) is 2. The number of hydrogen-bond donors (Lipinski definition) is 1. The van der Waals surface area contributed by atoms with Crippen molar-refractivity contribution in [1.29, 1.82) is 0 Å². The first kappa shape index (κ1) is 21.4. The average molecular weight is 430 g/mol. The fraction of sp³-hybridized carbons (Fsp3) is 0.318. The van der Waals surface area contributed by atoms with Crippen LogP contribution in [-0.2, 0) is 9.59 Å². The van der Waals surface area contributed by atoms with E-state index in [1.54, 1.807) is 19.2 Å². The Labute approximate surface area is 180 Å². The molecule has 0 radical (unpaired) electrons. The first-order chi connectivity index (χ1) is 13.7. The Bertz CT molecular complexity index is 957. The number of benzene rings is 2. The van der Waals surface area contributed by atoms with E-state index in [1.165, 1.54) is 22.2 Å². The molecule has 1 aliphatic rings. The number of halogens is 1. The standard InChI is InChI=1S/C22H24ClN3O2S/c1-13(2)15-6-9-16(10-7-15)25-22-26(4)21(28)19(29-22)12-20(27)24-17-8-5-14(3)18(23)11-17/h5-11,13,19H,12H2,1-4H3,(H,24,27). The van der Waals surface area contributed by atoms with Crippen molar-refractivity contribution in [2.75, 3.05) is 12.4 Å². The van der Waals surface area contributed by atoms with E-state index in [0.717, 1.165) is 11.3 Å². The molecule has 0 saturated carbocycles. The fourth-order valence-electron chi connectivity index (χ4n) is 2.89. The molecular formula is C22H24ClN3O2S. The molecule has 1 saturated heterocycles. The summed E-state index contributed by atoms with van der Waals surface area (Å²) in [5.74, 6) is 0.101. The lowest BCUT2D eigenvalue weighted by atomic mass is 10.0. The predicted molar refractivity (Wildman–Crippen MR) is 121 cm³/mol. The molecule has 1 heterocycles. The van der Waals surface area contributed by atoms with E-state index in [1.807, 2.05) is 37.3 Å². The minimum absolute atomic E-state index is 0.0741. The van der Waals surface area contributed by atoms with Crippen LogP contribution in [0.5, 0.6) is 0 Å². The summed E-state index contributed by atoms with van der Waals surface area (Å²) in [6, 6.07) is 13.3. The Hall–Kier alpha value is -2.31. The first-order valence-corrected chi connectivity index (χ1v) is 10.7. The summed E-state index contributed by atoms with van der Waals surface area (Å²) in [5.41, 5.74) is 3.59. The number of carbonyl (C=O) groups is 2. The molecule has 2 aromatic rings. The van der Waals surface area contributed by atoms with Gasteiger partial charge in [0.25, 0.3) is 0 Å². The van der Waals surface area contributed by atoms with Gasteiger partial charge in [0, 0.05) is 24.2 Å². The number of aliphatic imine (C=N–C) groups is 1. The van der Waals surface area contributed by atoms with Crippen molar-refractivity contribution < 1.29 is 9.59 Å². The number of carbonyl (C=O) groups excluding carboxylic acids is 2. The van der Waals surface area contributed by atoms with Gasteiger partial charge in [-0.05, 0) is 48.2 Å². The highest BCUT2D eigenvalue weighted by Gasteiger charge is 2.37. The summed E-state index contributed by atoms with van der Waals surface area (Å²) >= 11 is 7.42. The molecule has 5 nitrogen and oxygen atoms in total. The van der Waals surface area contributed by atoms with Crippen molar-refractivity contribution in [3.63, 3.8) is 0 Å². The van der Waals surface area contributed by atoms with Crippen LogP contribution < -0.4 is 5.32 Å². The van der Waals surface area contributed by atoms with E-state index in [-0.39, 0.29) is 18.2 Å². The van der Waals surface area contributed by atoms with E-state index < -0.39 is 5.25 Å². The van der Waals surface area contributed by atoms with Crippen molar-refractivity contribution in [2.45, 2.75) is 38.4 Å². The first-order valence-electron chi connectivity index (χ1n) is 9.43. The van der Waals surface area contributed by atoms with Gasteiger partial charge in [0.2, 0.25) is 11.8 Å². The molecule has 152 valence electrons. The molecule has 2 aromatic carbocycles. The molecule has 0 aliphatic carbocycles.